The molecule has 1 aromatic rings. The Morgan fingerprint density at radius 1 is 1.29 bits per heavy atom. The second kappa shape index (κ2) is 7.69. The maximum atomic E-state index is 12.6. The molecule has 24 heavy (non-hydrogen) atoms. The van der Waals surface area contributed by atoms with E-state index >= 15 is 0 Å². The lowest BCUT2D eigenvalue weighted by Crippen LogP contribution is -2.57. The van der Waals surface area contributed by atoms with E-state index in [2.05, 4.69) is 12.2 Å². The second-order valence-corrected chi connectivity index (χ2v) is 6.72. The van der Waals surface area contributed by atoms with Crippen LogP contribution >= 0.6 is 0 Å². The van der Waals surface area contributed by atoms with Crippen molar-refractivity contribution in [3.05, 3.63) is 29.8 Å². The minimum absolute atomic E-state index is 0.238. The van der Waals surface area contributed by atoms with Gasteiger partial charge in [-0.3, -0.25) is 4.79 Å². The molecule has 2 N–H and O–H groups in total. The van der Waals surface area contributed by atoms with Gasteiger partial charge in [-0.2, -0.15) is 0 Å². The van der Waals surface area contributed by atoms with Crippen molar-refractivity contribution in [1.82, 2.24) is 5.32 Å². The van der Waals surface area contributed by atoms with Crippen LogP contribution < -0.4 is 10.1 Å². The SMILES string of the molecule is CCC1CCC(NC(=O)C(C)c2ccc(OC)cc2)(C(=O)O)CC1. The molecule has 1 atom stereocenters. The molecule has 0 bridgehead atoms. The Bertz CT molecular complexity index is 574. The molecule has 132 valence electrons. The summed E-state index contributed by atoms with van der Waals surface area (Å²) >= 11 is 0. The monoisotopic (exact) mass is 333 g/mol. The highest BCUT2D eigenvalue weighted by Crippen LogP contribution is 2.34. The zero-order valence-corrected chi connectivity index (χ0v) is 14.7. The number of carbonyl (C=O) groups is 2. The fourth-order valence-corrected chi connectivity index (χ4v) is 3.36. The zero-order chi connectivity index (χ0) is 17.7. The molecular weight excluding hydrogens is 306 g/mol. The van der Waals surface area contributed by atoms with Crippen molar-refractivity contribution in [3.63, 3.8) is 0 Å². The number of rotatable bonds is 6. The molecule has 1 unspecified atom stereocenters. The molecule has 1 aromatic carbocycles. The molecule has 0 spiro atoms. The topological polar surface area (TPSA) is 75.6 Å². The van der Waals surface area contributed by atoms with E-state index in [1.807, 2.05) is 12.1 Å². The Balaban J connectivity index is 2.08. The van der Waals surface area contributed by atoms with E-state index < -0.39 is 17.4 Å². The first-order chi connectivity index (χ1) is 11.4. The van der Waals surface area contributed by atoms with Crippen molar-refractivity contribution in [2.24, 2.45) is 5.92 Å². The van der Waals surface area contributed by atoms with E-state index in [9.17, 15) is 14.7 Å². The summed E-state index contributed by atoms with van der Waals surface area (Å²) in [5, 5.41) is 12.5. The normalized spacial score (nSPS) is 24.9. The van der Waals surface area contributed by atoms with Gasteiger partial charge >= 0.3 is 5.97 Å². The summed E-state index contributed by atoms with van der Waals surface area (Å²) < 4.78 is 5.12. The first kappa shape index (κ1) is 18.3. The third-order valence-corrected chi connectivity index (χ3v) is 5.32. The molecule has 1 fully saturated rings. The third kappa shape index (κ3) is 3.89. The van der Waals surface area contributed by atoms with Gasteiger partial charge in [-0.15, -0.1) is 0 Å². The van der Waals surface area contributed by atoms with Gasteiger partial charge in [-0.05, 0) is 56.2 Å². The van der Waals surface area contributed by atoms with Crippen molar-refractivity contribution in [1.29, 1.82) is 0 Å². The summed E-state index contributed by atoms with van der Waals surface area (Å²) in [7, 11) is 1.59. The van der Waals surface area contributed by atoms with Gasteiger partial charge < -0.3 is 15.2 Å². The fourth-order valence-electron chi connectivity index (χ4n) is 3.36. The van der Waals surface area contributed by atoms with E-state index in [4.69, 9.17) is 4.74 Å². The Morgan fingerprint density at radius 2 is 1.88 bits per heavy atom. The Morgan fingerprint density at radius 3 is 2.33 bits per heavy atom. The predicted molar refractivity (Wildman–Crippen MR) is 92.2 cm³/mol. The number of nitrogens with one attached hydrogen (secondary N) is 1. The van der Waals surface area contributed by atoms with Gasteiger partial charge in [0.05, 0.1) is 13.0 Å². The number of hydrogen-bond donors (Lipinski definition) is 2. The minimum Gasteiger partial charge on any atom is -0.497 e. The molecule has 0 saturated heterocycles. The Hall–Kier alpha value is -2.04. The largest absolute Gasteiger partial charge is 0.497 e. The highest BCUT2D eigenvalue weighted by atomic mass is 16.5. The minimum atomic E-state index is -1.12. The third-order valence-electron chi connectivity index (χ3n) is 5.32. The van der Waals surface area contributed by atoms with E-state index in [0.717, 1.165) is 30.6 Å². The lowest BCUT2D eigenvalue weighted by Gasteiger charge is -2.37. The van der Waals surface area contributed by atoms with Gasteiger partial charge in [-0.1, -0.05) is 25.5 Å². The molecular formula is C19H27NO4. The molecule has 0 aromatic heterocycles. The summed E-state index contributed by atoms with van der Waals surface area (Å²) in [5.74, 6) is -0.277. The maximum absolute atomic E-state index is 12.6. The van der Waals surface area contributed by atoms with Crippen LogP contribution in [0.3, 0.4) is 0 Å². The molecule has 0 radical (unpaired) electrons. The first-order valence-corrected chi connectivity index (χ1v) is 8.61. The average molecular weight is 333 g/mol. The highest BCUT2D eigenvalue weighted by molar-refractivity contribution is 5.90. The van der Waals surface area contributed by atoms with Crippen LogP contribution in [0, 0.1) is 5.92 Å². The van der Waals surface area contributed by atoms with Crippen molar-refractivity contribution in [2.45, 2.75) is 57.4 Å². The van der Waals surface area contributed by atoms with Crippen molar-refractivity contribution in [2.75, 3.05) is 7.11 Å². The van der Waals surface area contributed by atoms with Crippen LogP contribution in [0.25, 0.3) is 0 Å². The molecule has 0 heterocycles. The Kier molecular flexibility index (Phi) is 5.86. The van der Waals surface area contributed by atoms with Gasteiger partial charge in [0.25, 0.3) is 0 Å². The van der Waals surface area contributed by atoms with Crippen molar-refractivity contribution < 1.29 is 19.4 Å². The zero-order valence-electron chi connectivity index (χ0n) is 14.7. The number of aliphatic carboxylic acids is 1. The number of methoxy groups -OCH3 is 1. The lowest BCUT2D eigenvalue weighted by atomic mass is 9.75. The number of amides is 1. The fraction of sp³-hybridized carbons (Fsp3) is 0.579. The summed E-state index contributed by atoms with van der Waals surface area (Å²) in [6.45, 7) is 3.92. The molecule has 1 aliphatic carbocycles. The average Bonchev–Trinajstić information content (AvgIpc) is 2.61. The quantitative estimate of drug-likeness (QED) is 0.837. The lowest BCUT2D eigenvalue weighted by molar-refractivity contribution is -0.150. The molecule has 1 amide bonds. The van der Waals surface area contributed by atoms with Gasteiger partial charge in [0, 0.05) is 0 Å². The van der Waals surface area contributed by atoms with Gasteiger partial charge in [0.2, 0.25) is 5.91 Å². The summed E-state index contributed by atoms with van der Waals surface area (Å²) in [6, 6.07) is 7.28. The van der Waals surface area contributed by atoms with Gasteiger partial charge in [0.15, 0.2) is 0 Å². The number of carboxylic acid groups (broad SMARTS) is 1. The summed E-state index contributed by atoms with van der Waals surface area (Å²) in [5.41, 5.74) is -0.278. The maximum Gasteiger partial charge on any atom is 0.329 e. The highest BCUT2D eigenvalue weighted by Gasteiger charge is 2.43. The number of ether oxygens (including phenoxy) is 1. The first-order valence-electron chi connectivity index (χ1n) is 8.61. The van der Waals surface area contributed by atoms with Crippen LogP contribution in [0.2, 0.25) is 0 Å². The summed E-state index contributed by atoms with van der Waals surface area (Å²) in [6.07, 6.45) is 3.76. The number of carboxylic acids is 1. The standard InChI is InChI=1S/C19H27NO4/c1-4-14-9-11-19(12-10-14,18(22)23)20-17(21)13(2)15-5-7-16(24-3)8-6-15/h5-8,13-14H,4,9-12H2,1-3H3,(H,20,21)(H,22,23). The predicted octanol–water partition coefficient (Wildman–Crippen LogP) is 3.34. The number of benzene rings is 1. The van der Waals surface area contributed by atoms with E-state index in [-0.39, 0.29) is 5.91 Å². The summed E-state index contributed by atoms with van der Waals surface area (Å²) in [4.78, 5) is 24.4. The van der Waals surface area contributed by atoms with Crippen LogP contribution in [0.1, 0.15) is 57.4 Å². The number of carbonyl (C=O) groups excluding carboxylic acids is 1. The Labute approximate surface area is 143 Å². The molecule has 5 nitrogen and oxygen atoms in total. The number of hydrogen-bond acceptors (Lipinski definition) is 3. The molecule has 2 rings (SSSR count). The molecule has 5 heteroatoms. The molecule has 0 aliphatic heterocycles. The second-order valence-electron chi connectivity index (χ2n) is 6.72. The van der Waals surface area contributed by atoms with E-state index in [1.165, 1.54) is 0 Å². The van der Waals surface area contributed by atoms with Crippen molar-refractivity contribution >= 4 is 11.9 Å². The molecule has 1 aliphatic rings. The van der Waals surface area contributed by atoms with Gasteiger partial charge in [-0.25, -0.2) is 4.79 Å². The van der Waals surface area contributed by atoms with E-state index in [0.29, 0.717) is 18.8 Å². The van der Waals surface area contributed by atoms with E-state index in [1.54, 1.807) is 26.2 Å². The van der Waals surface area contributed by atoms with Gasteiger partial charge in [0.1, 0.15) is 11.3 Å². The van der Waals surface area contributed by atoms with Crippen LogP contribution in [-0.2, 0) is 9.59 Å². The van der Waals surface area contributed by atoms with Crippen LogP contribution in [0.4, 0.5) is 0 Å². The molecule has 1 saturated carbocycles. The van der Waals surface area contributed by atoms with Crippen LogP contribution in [0.15, 0.2) is 24.3 Å². The van der Waals surface area contributed by atoms with Crippen molar-refractivity contribution in [3.8, 4) is 5.75 Å². The van der Waals surface area contributed by atoms with Crippen LogP contribution in [-0.4, -0.2) is 29.6 Å². The van der Waals surface area contributed by atoms with Crippen LogP contribution in [0.5, 0.6) is 5.75 Å². The smallest absolute Gasteiger partial charge is 0.329 e.